The number of rotatable bonds is 0. The molecule has 2 fully saturated rings. The summed E-state index contributed by atoms with van der Waals surface area (Å²) in [5.74, 6) is 0. The summed E-state index contributed by atoms with van der Waals surface area (Å²) >= 11 is 0. The summed E-state index contributed by atoms with van der Waals surface area (Å²) in [7, 11) is 0. The predicted molar refractivity (Wildman–Crippen MR) is 36.9 cm³/mol. The fourth-order valence-corrected chi connectivity index (χ4v) is 1.61. The molecule has 2 rings (SSSR count). The van der Waals surface area contributed by atoms with Gasteiger partial charge in [0.2, 0.25) is 0 Å². The highest BCUT2D eigenvalue weighted by atomic mass is 15.1. The van der Waals surface area contributed by atoms with E-state index in [1.165, 1.54) is 25.8 Å². The van der Waals surface area contributed by atoms with E-state index in [1.54, 1.807) is 0 Å². The Labute approximate surface area is 56.0 Å². The summed E-state index contributed by atoms with van der Waals surface area (Å²) in [5, 5.41) is 6.70. The van der Waals surface area contributed by atoms with E-state index in [0.29, 0.717) is 5.54 Å². The van der Waals surface area contributed by atoms with Crippen LogP contribution in [0.1, 0.15) is 19.3 Å². The molecule has 2 aliphatic rings. The first-order valence-corrected chi connectivity index (χ1v) is 3.74. The van der Waals surface area contributed by atoms with Gasteiger partial charge in [0.25, 0.3) is 0 Å². The van der Waals surface area contributed by atoms with Gasteiger partial charge in [-0.3, -0.25) is 0 Å². The van der Waals surface area contributed by atoms with Crippen molar-refractivity contribution in [2.24, 2.45) is 0 Å². The maximum absolute atomic E-state index is 3.51. The predicted octanol–water partition coefficient (Wildman–Crippen LogP) is 0.264. The quantitative estimate of drug-likeness (QED) is 0.485. The molecule has 1 radical (unpaired) electrons. The topological polar surface area (TPSA) is 24.1 Å². The largest absolute Gasteiger partial charge is 0.309 e. The van der Waals surface area contributed by atoms with Crippen LogP contribution < -0.4 is 10.6 Å². The minimum atomic E-state index is 0.415. The Kier molecular flexibility index (Phi) is 1.24. The van der Waals surface area contributed by atoms with Crippen LogP contribution in [0.3, 0.4) is 0 Å². The van der Waals surface area contributed by atoms with E-state index in [9.17, 15) is 0 Å². The van der Waals surface area contributed by atoms with E-state index in [4.69, 9.17) is 0 Å². The molecule has 2 aliphatic heterocycles. The molecule has 0 aromatic heterocycles. The van der Waals surface area contributed by atoms with Gasteiger partial charge in [-0.25, -0.2) is 0 Å². The lowest BCUT2D eigenvalue weighted by Crippen LogP contribution is -2.65. The summed E-state index contributed by atoms with van der Waals surface area (Å²) in [6.07, 6.45) is 4.08. The fraction of sp³-hybridized carbons (Fsp3) is 0.857. The van der Waals surface area contributed by atoms with Crippen LogP contribution >= 0.6 is 0 Å². The van der Waals surface area contributed by atoms with Gasteiger partial charge < -0.3 is 10.6 Å². The number of hydrogen-bond donors (Lipinski definition) is 2. The average molecular weight is 125 g/mol. The van der Waals surface area contributed by atoms with E-state index in [0.717, 1.165) is 6.54 Å². The maximum Gasteiger partial charge on any atom is 0.0477 e. The van der Waals surface area contributed by atoms with Gasteiger partial charge in [0.05, 0.1) is 0 Å². The van der Waals surface area contributed by atoms with Gasteiger partial charge in [0.15, 0.2) is 0 Å². The molecule has 2 N–H and O–H groups in total. The van der Waals surface area contributed by atoms with Crippen molar-refractivity contribution in [2.45, 2.75) is 24.8 Å². The van der Waals surface area contributed by atoms with Gasteiger partial charge in [0.1, 0.15) is 0 Å². The van der Waals surface area contributed by atoms with E-state index in [-0.39, 0.29) is 0 Å². The highest BCUT2D eigenvalue weighted by Gasteiger charge is 2.37. The summed E-state index contributed by atoms with van der Waals surface area (Å²) in [4.78, 5) is 0. The van der Waals surface area contributed by atoms with Crippen LogP contribution in [0.25, 0.3) is 0 Å². The molecule has 0 aliphatic carbocycles. The van der Waals surface area contributed by atoms with E-state index < -0.39 is 0 Å². The van der Waals surface area contributed by atoms with Crippen LogP contribution in [-0.4, -0.2) is 18.6 Å². The molecule has 1 atom stereocenters. The Balaban J connectivity index is 1.93. The summed E-state index contributed by atoms with van der Waals surface area (Å²) in [6, 6.07) is 0. The van der Waals surface area contributed by atoms with Crippen molar-refractivity contribution in [2.75, 3.05) is 13.1 Å². The second kappa shape index (κ2) is 1.96. The Hall–Kier alpha value is -0.0800. The lowest BCUT2D eigenvalue weighted by atomic mass is 9.84. The van der Waals surface area contributed by atoms with Crippen molar-refractivity contribution >= 4 is 0 Å². The second-order valence-electron chi connectivity index (χ2n) is 3.07. The Morgan fingerprint density at radius 3 is 2.56 bits per heavy atom. The molecule has 0 amide bonds. The standard InChI is InChI=1S/C7H13N2/c1-2-4-9-7(3-1)5-8-6-7/h5,8-9H,1-4,6H2. The lowest BCUT2D eigenvalue weighted by Gasteiger charge is -2.45. The van der Waals surface area contributed by atoms with Crippen LogP contribution in [0.15, 0.2) is 0 Å². The molecule has 2 saturated heterocycles. The summed E-state index contributed by atoms with van der Waals surface area (Å²) in [5.41, 5.74) is 0.415. The fourth-order valence-electron chi connectivity index (χ4n) is 1.61. The van der Waals surface area contributed by atoms with E-state index in [2.05, 4.69) is 17.2 Å². The molecule has 0 aromatic rings. The van der Waals surface area contributed by atoms with Crippen molar-refractivity contribution in [1.82, 2.24) is 10.6 Å². The van der Waals surface area contributed by atoms with Crippen LogP contribution in [0, 0.1) is 6.54 Å². The molecule has 0 bridgehead atoms. The van der Waals surface area contributed by atoms with Gasteiger partial charge in [0, 0.05) is 18.6 Å². The van der Waals surface area contributed by atoms with E-state index >= 15 is 0 Å². The molecule has 51 valence electrons. The zero-order valence-electron chi connectivity index (χ0n) is 5.61. The summed E-state index contributed by atoms with van der Waals surface area (Å²) < 4.78 is 0. The number of piperidine rings is 1. The van der Waals surface area contributed by atoms with Gasteiger partial charge >= 0.3 is 0 Å². The van der Waals surface area contributed by atoms with E-state index in [1.807, 2.05) is 0 Å². The minimum Gasteiger partial charge on any atom is -0.309 e. The first-order valence-electron chi connectivity index (χ1n) is 3.74. The van der Waals surface area contributed by atoms with Crippen molar-refractivity contribution in [3.63, 3.8) is 0 Å². The molecule has 2 nitrogen and oxygen atoms in total. The highest BCUT2D eigenvalue weighted by molar-refractivity contribution is 5.10. The van der Waals surface area contributed by atoms with Gasteiger partial charge in [-0.2, -0.15) is 0 Å². The third-order valence-electron chi connectivity index (χ3n) is 2.32. The molecule has 2 heteroatoms. The molecule has 1 unspecified atom stereocenters. The third kappa shape index (κ3) is 0.864. The van der Waals surface area contributed by atoms with Gasteiger partial charge in [-0.1, -0.05) is 6.42 Å². The monoisotopic (exact) mass is 125 g/mol. The molecule has 9 heavy (non-hydrogen) atoms. The minimum absolute atomic E-state index is 0.415. The average Bonchev–Trinajstić information content (AvgIpc) is 1.87. The van der Waals surface area contributed by atoms with Crippen molar-refractivity contribution in [3.8, 4) is 0 Å². The lowest BCUT2D eigenvalue weighted by molar-refractivity contribution is 0.216. The SMILES string of the molecule is [CH]1NCC12CCCCN2. The molecular weight excluding hydrogens is 112 g/mol. The maximum atomic E-state index is 3.51. The molecule has 0 aromatic carbocycles. The summed E-state index contributed by atoms with van der Waals surface area (Å²) in [6.45, 7) is 4.55. The molecule has 1 spiro atoms. The Morgan fingerprint density at radius 2 is 2.22 bits per heavy atom. The second-order valence-corrected chi connectivity index (χ2v) is 3.07. The zero-order valence-corrected chi connectivity index (χ0v) is 5.61. The van der Waals surface area contributed by atoms with Crippen LogP contribution in [0.4, 0.5) is 0 Å². The van der Waals surface area contributed by atoms with Crippen LogP contribution in [-0.2, 0) is 0 Å². The van der Waals surface area contributed by atoms with Gasteiger partial charge in [-0.15, -0.1) is 0 Å². The smallest absolute Gasteiger partial charge is 0.0477 e. The first kappa shape index (κ1) is 5.69. The molecule has 2 heterocycles. The Bertz CT molecular complexity index is 99.5. The highest BCUT2D eigenvalue weighted by Crippen LogP contribution is 2.25. The van der Waals surface area contributed by atoms with Crippen molar-refractivity contribution in [1.29, 1.82) is 0 Å². The molecular formula is C7H13N2. The van der Waals surface area contributed by atoms with Crippen LogP contribution in [0.5, 0.6) is 0 Å². The van der Waals surface area contributed by atoms with Crippen LogP contribution in [0.2, 0.25) is 0 Å². The zero-order chi connectivity index (χ0) is 6.16. The number of hydrogen-bond acceptors (Lipinski definition) is 2. The first-order chi connectivity index (χ1) is 4.41. The number of nitrogens with one attached hydrogen (secondary N) is 2. The van der Waals surface area contributed by atoms with Crippen molar-refractivity contribution in [3.05, 3.63) is 6.54 Å². The Morgan fingerprint density at radius 1 is 1.33 bits per heavy atom. The normalized spacial score (nSPS) is 32.0. The molecule has 0 saturated carbocycles. The third-order valence-corrected chi connectivity index (χ3v) is 2.32. The van der Waals surface area contributed by atoms with Gasteiger partial charge in [-0.05, 0) is 19.4 Å². The van der Waals surface area contributed by atoms with Crippen molar-refractivity contribution < 1.29 is 0 Å².